The second kappa shape index (κ2) is 12.3. The molecule has 1 heterocycles. The van der Waals surface area contributed by atoms with Crippen molar-refractivity contribution in [1.29, 1.82) is 0 Å². The summed E-state index contributed by atoms with van der Waals surface area (Å²) < 4.78 is 39.5. The predicted octanol–water partition coefficient (Wildman–Crippen LogP) is 6.93. The van der Waals surface area contributed by atoms with Gasteiger partial charge in [-0.05, 0) is 79.3 Å². The van der Waals surface area contributed by atoms with E-state index in [-0.39, 0.29) is 17.0 Å². The van der Waals surface area contributed by atoms with Gasteiger partial charge in [0.1, 0.15) is 0 Å². The van der Waals surface area contributed by atoms with Crippen LogP contribution in [0, 0.1) is 0 Å². The van der Waals surface area contributed by atoms with Gasteiger partial charge in [-0.15, -0.1) is 0 Å². The highest BCUT2D eigenvalue weighted by Gasteiger charge is 2.33. The fourth-order valence-corrected chi connectivity index (χ4v) is 4.60. The second-order valence-corrected chi connectivity index (χ2v) is 9.63. The van der Waals surface area contributed by atoms with Gasteiger partial charge in [0, 0.05) is 24.3 Å². The molecule has 3 aromatic carbocycles. The first-order valence-electron chi connectivity index (χ1n) is 12.6. The molecule has 0 spiro atoms. The fraction of sp³-hybridized carbons (Fsp3) is 0.276. The van der Waals surface area contributed by atoms with Crippen LogP contribution in [0.4, 0.5) is 24.5 Å². The standard InChI is InChI=1S/C29H28ClF3N4O2/c1-2-19-7-6-8-21(15-19)27(38)35-26-12-10-22(37-13-4-3-5-14-37)17-23(26)28(39)36-34-18-20-9-11-25(30)24(16-20)29(31,32)33/h6-12,15-18H,2-5,13-14H2,1H3,(H,35,38)(H,36,39)/b34-18+. The number of hydrogen-bond acceptors (Lipinski definition) is 4. The molecule has 0 aliphatic carbocycles. The number of aryl methyl sites for hydroxylation is 1. The van der Waals surface area contributed by atoms with Crippen LogP contribution in [-0.4, -0.2) is 31.1 Å². The molecule has 39 heavy (non-hydrogen) atoms. The minimum Gasteiger partial charge on any atom is -0.372 e. The molecule has 10 heteroatoms. The third-order valence-corrected chi connectivity index (χ3v) is 6.82. The summed E-state index contributed by atoms with van der Waals surface area (Å²) in [5.41, 5.74) is 4.26. The summed E-state index contributed by atoms with van der Waals surface area (Å²) in [4.78, 5) is 28.4. The molecule has 2 amide bonds. The third-order valence-electron chi connectivity index (χ3n) is 6.49. The van der Waals surface area contributed by atoms with Crippen molar-refractivity contribution in [2.24, 2.45) is 5.10 Å². The van der Waals surface area contributed by atoms with Gasteiger partial charge < -0.3 is 10.2 Å². The highest BCUT2D eigenvalue weighted by molar-refractivity contribution is 6.31. The zero-order chi connectivity index (χ0) is 28.0. The molecular formula is C29H28ClF3N4O2. The van der Waals surface area contributed by atoms with Gasteiger partial charge in [-0.25, -0.2) is 5.43 Å². The fourth-order valence-electron chi connectivity index (χ4n) is 4.37. The van der Waals surface area contributed by atoms with Gasteiger partial charge in [-0.1, -0.05) is 36.7 Å². The van der Waals surface area contributed by atoms with Crippen molar-refractivity contribution in [3.8, 4) is 0 Å². The molecule has 4 rings (SSSR count). The molecule has 204 valence electrons. The van der Waals surface area contributed by atoms with Crippen LogP contribution in [0.5, 0.6) is 0 Å². The molecule has 1 fully saturated rings. The summed E-state index contributed by atoms with van der Waals surface area (Å²) in [5, 5.41) is 6.24. The van der Waals surface area contributed by atoms with Crippen LogP contribution in [0.15, 0.2) is 65.8 Å². The van der Waals surface area contributed by atoms with E-state index in [0.717, 1.165) is 68.4 Å². The van der Waals surface area contributed by atoms with Crippen molar-refractivity contribution in [3.63, 3.8) is 0 Å². The average molecular weight is 557 g/mol. The molecule has 1 aliphatic rings. The molecule has 0 bridgehead atoms. The summed E-state index contributed by atoms with van der Waals surface area (Å²) in [6.45, 7) is 3.70. The van der Waals surface area contributed by atoms with E-state index in [1.165, 1.54) is 6.07 Å². The largest absolute Gasteiger partial charge is 0.417 e. The lowest BCUT2D eigenvalue weighted by Crippen LogP contribution is -2.30. The van der Waals surface area contributed by atoms with E-state index in [9.17, 15) is 22.8 Å². The number of piperidine rings is 1. The molecule has 0 atom stereocenters. The Kier molecular flexibility index (Phi) is 8.91. The maximum absolute atomic E-state index is 13.2. The van der Waals surface area contributed by atoms with Gasteiger partial charge in [0.2, 0.25) is 0 Å². The highest BCUT2D eigenvalue weighted by Crippen LogP contribution is 2.35. The lowest BCUT2D eigenvalue weighted by atomic mass is 10.1. The quantitative estimate of drug-likeness (QED) is 0.245. The van der Waals surface area contributed by atoms with Gasteiger partial charge in [-0.3, -0.25) is 9.59 Å². The predicted molar refractivity (Wildman–Crippen MR) is 148 cm³/mol. The van der Waals surface area contributed by atoms with Crippen LogP contribution in [-0.2, 0) is 12.6 Å². The van der Waals surface area contributed by atoms with E-state index < -0.39 is 22.7 Å². The Morgan fingerprint density at radius 1 is 1.00 bits per heavy atom. The molecule has 0 aromatic heterocycles. The number of halogens is 4. The van der Waals surface area contributed by atoms with E-state index >= 15 is 0 Å². The first-order valence-corrected chi connectivity index (χ1v) is 13.0. The zero-order valence-corrected chi connectivity index (χ0v) is 22.1. The van der Waals surface area contributed by atoms with E-state index in [0.29, 0.717) is 11.3 Å². The van der Waals surface area contributed by atoms with Crippen molar-refractivity contribution >= 4 is 41.0 Å². The van der Waals surface area contributed by atoms with E-state index in [4.69, 9.17) is 11.6 Å². The topological polar surface area (TPSA) is 73.8 Å². The number of anilines is 2. The van der Waals surface area contributed by atoms with Crippen molar-refractivity contribution in [3.05, 3.63) is 93.5 Å². The molecule has 1 aliphatic heterocycles. The second-order valence-electron chi connectivity index (χ2n) is 9.22. The summed E-state index contributed by atoms with van der Waals surface area (Å²) in [6, 6.07) is 15.8. The van der Waals surface area contributed by atoms with E-state index in [2.05, 4.69) is 20.7 Å². The maximum Gasteiger partial charge on any atom is 0.417 e. The Morgan fingerprint density at radius 3 is 2.49 bits per heavy atom. The first kappa shape index (κ1) is 28.2. The smallest absolute Gasteiger partial charge is 0.372 e. The van der Waals surface area contributed by atoms with Gasteiger partial charge in [-0.2, -0.15) is 18.3 Å². The molecule has 6 nitrogen and oxygen atoms in total. The first-order chi connectivity index (χ1) is 18.7. The highest BCUT2D eigenvalue weighted by atomic mass is 35.5. The Morgan fingerprint density at radius 2 is 1.77 bits per heavy atom. The van der Waals surface area contributed by atoms with Crippen LogP contribution in [0.1, 0.15) is 63.6 Å². The van der Waals surface area contributed by atoms with E-state index in [1.54, 1.807) is 30.3 Å². The Balaban J connectivity index is 1.58. The number of hydrazone groups is 1. The Hall–Kier alpha value is -3.85. The average Bonchev–Trinajstić information content (AvgIpc) is 2.94. The number of amides is 2. The van der Waals surface area contributed by atoms with Crippen molar-refractivity contribution in [1.82, 2.24) is 5.43 Å². The van der Waals surface area contributed by atoms with Gasteiger partial charge in [0.15, 0.2) is 0 Å². The monoisotopic (exact) mass is 556 g/mol. The molecule has 0 radical (unpaired) electrons. The molecule has 1 saturated heterocycles. The van der Waals surface area contributed by atoms with Crippen molar-refractivity contribution < 1.29 is 22.8 Å². The number of carbonyl (C=O) groups is 2. The number of carbonyl (C=O) groups excluding carboxylic acids is 2. The summed E-state index contributed by atoms with van der Waals surface area (Å²) >= 11 is 5.67. The molecule has 0 unspecified atom stereocenters. The number of hydrogen-bond donors (Lipinski definition) is 2. The third kappa shape index (κ3) is 7.17. The number of nitrogens with zero attached hydrogens (tertiary/aromatic N) is 2. The van der Waals surface area contributed by atoms with Crippen molar-refractivity contribution in [2.45, 2.75) is 38.8 Å². The Bertz CT molecular complexity index is 1390. The molecule has 2 N–H and O–H groups in total. The normalized spacial score (nSPS) is 13.9. The maximum atomic E-state index is 13.2. The van der Waals surface area contributed by atoms with Crippen LogP contribution in [0.2, 0.25) is 5.02 Å². The molecular weight excluding hydrogens is 529 g/mol. The lowest BCUT2D eigenvalue weighted by Gasteiger charge is -2.29. The summed E-state index contributed by atoms with van der Waals surface area (Å²) in [7, 11) is 0. The molecule has 3 aromatic rings. The van der Waals surface area contributed by atoms with Crippen LogP contribution in [0.25, 0.3) is 0 Å². The SMILES string of the molecule is CCc1cccc(C(=O)Nc2ccc(N3CCCCC3)cc2C(=O)N/N=C/c2ccc(Cl)c(C(F)(F)F)c2)c1. The summed E-state index contributed by atoms with van der Waals surface area (Å²) in [5.74, 6) is -0.984. The zero-order valence-electron chi connectivity index (χ0n) is 21.3. The van der Waals surface area contributed by atoms with E-state index in [1.807, 2.05) is 19.1 Å². The molecule has 0 saturated carbocycles. The van der Waals surface area contributed by atoms with Crippen LogP contribution in [0.3, 0.4) is 0 Å². The Labute approximate surface area is 229 Å². The lowest BCUT2D eigenvalue weighted by molar-refractivity contribution is -0.137. The summed E-state index contributed by atoms with van der Waals surface area (Å²) in [6.07, 6.45) is 0.479. The number of nitrogens with one attached hydrogen (secondary N) is 2. The number of rotatable bonds is 7. The minimum atomic E-state index is -4.62. The van der Waals surface area contributed by atoms with Crippen LogP contribution >= 0.6 is 11.6 Å². The van der Waals surface area contributed by atoms with Gasteiger partial charge >= 0.3 is 6.18 Å². The van der Waals surface area contributed by atoms with Gasteiger partial charge in [0.25, 0.3) is 11.8 Å². The van der Waals surface area contributed by atoms with Gasteiger partial charge in [0.05, 0.1) is 28.1 Å². The number of benzene rings is 3. The van der Waals surface area contributed by atoms with Crippen LogP contribution < -0.4 is 15.6 Å². The van der Waals surface area contributed by atoms with Crippen molar-refractivity contribution in [2.75, 3.05) is 23.3 Å². The number of alkyl halides is 3. The minimum absolute atomic E-state index is 0.110.